The van der Waals surface area contributed by atoms with Gasteiger partial charge < -0.3 is 5.11 Å². The minimum Gasteiger partial charge on any atom is -0.384 e. The molecule has 0 aliphatic carbocycles. The van der Waals surface area contributed by atoms with Gasteiger partial charge in [-0.25, -0.2) is 0 Å². The molecule has 3 aromatic carbocycles. The summed E-state index contributed by atoms with van der Waals surface area (Å²) in [6.45, 7) is 2.05. The van der Waals surface area contributed by atoms with Crippen molar-refractivity contribution in [2.45, 2.75) is 13.0 Å². The van der Waals surface area contributed by atoms with Crippen LogP contribution >= 0.6 is 15.9 Å². The van der Waals surface area contributed by atoms with E-state index in [0.717, 1.165) is 26.4 Å². The van der Waals surface area contributed by atoms with Crippen molar-refractivity contribution in [1.29, 1.82) is 0 Å². The van der Waals surface area contributed by atoms with E-state index in [-0.39, 0.29) is 0 Å². The van der Waals surface area contributed by atoms with Crippen molar-refractivity contribution in [2.75, 3.05) is 0 Å². The normalized spacial score (nSPS) is 12.6. The topological polar surface area (TPSA) is 20.2 Å². The number of hydrogen-bond donors (Lipinski definition) is 1. The van der Waals surface area contributed by atoms with Crippen LogP contribution < -0.4 is 0 Å². The summed E-state index contributed by atoms with van der Waals surface area (Å²) in [5.74, 6) is 0. The van der Waals surface area contributed by atoms with Crippen molar-refractivity contribution < 1.29 is 5.11 Å². The fraction of sp³-hybridized carbons (Fsp3) is 0.111. The quantitative estimate of drug-likeness (QED) is 0.703. The van der Waals surface area contributed by atoms with Crippen LogP contribution in [-0.4, -0.2) is 5.11 Å². The Labute approximate surface area is 127 Å². The Morgan fingerprint density at radius 1 is 0.850 bits per heavy atom. The highest BCUT2D eigenvalue weighted by molar-refractivity contribution is 9.10. The fourth-order valence-corrected chi connectivity index (χ4v) is 2.93. The van der Waals surface area contributed by atoms with Gasteiger partial charge >= 0.3 is 0 Å². The molecule has 0 aliphatic rings. The zero-order valence-electron chi connectivity index (χ0n) is 11.2. The maximum absolute atomic E-state index is 10.7. The summed E-state index contributed by atoms with van der Waals surface area (Å²) in [4.78, 5) is 0. The van der Waals surface area contributed by atoms with Gasteiger partial charge in [-0.15, -0.1) is 0 Å². The molecular formula is C18H15BrO. The lowest BCUT2D eigenvalue weighted by Crippen LogP contribution is -2.00. The fourth-order valence-electron chi connectivity index (χ4n) is 2.45. The number of fused-ring (bicyclic) bond motifs is 1. The van der Waals surface area contributed by atoms with Gasteiger partial charge in [0.15, 0.2) is 0 Å². The van der Waals surface area contributed by atoms with Crippen LogP contribution in [0.15, 0.2) is 65.1 Å². The van der Waals surface area contributed by atoms with Gasteiger partial charge in [-0.05, 0) is 34.9 Å². The molecule has 3 aromatic rings. The van der Waals surface area contributed by atoms with Gasteiger partial charge in [-0.1, -0.05) is 76.1 Å². The van der Waals surface area contributed by atoms with E-state index in [0.29, 0.717) is 0 Å². The van der Waals surface area contributed by atoms with Crippen LogP contribution in [0, 0.1) is 6.92 Å². The second-order valence-corrected chi connectivity index (χ2v) is 5.85. The highest BCUT2D eigenvalue weighted by atomic mass is 79.9. The van der Waals surface area contributed by atoms with Crippen LogP contribution in [0.5, 0.6) is 0 Å². The number of aliphatic hydroxyl groups is 1. The number of hydrogen-bond acceptors (Lipinski definition) is 1. The number of aliphatic hydroxyl groups excluding tert-OH is 1. The number of aryl methyl sites for hydroxylation is 1. The van der Waals surface area contributed by atoms with E-state index in [1.165, 1.54) is 5.56 Å². The van der Waals surface area contributed by atoms with Crippen molar-refractivity contribution >= 4 is 26.7 Å². The third kappa shape index (κ3) is 2.37. The van der Waals surface area contributed by atoms with Gasteiger partial charge in [-0.2, -0.15) is 0 Å². The summed E-state index contributed by atoms with van der Waals surface area (Å²) in [5, 5.41) is 12.9. The van der Waals surface area contributed by atoms with Gasteiger partial charge in [0, 0.05) is 4.47 Å². The summed E-state index contributed by atoms with van der Waals surface area (Å²) in [7, 11) is 0. The first-order valence-electron chi connectivity index (χ1n) is 6.58. The van der Waals surface area contributed by atoms with Crippen LogP contribution in [0.4, 0.5) is 0 Å². The van der Waals surface area contributed by atoms with Crippen LogP contribution in [0.2, 0.25) is 0 Å². The molecule has 1 atom stereocenters. The van der Waals surface area contributed by atoms with Gasteiger partial charge in [0.25, 0.3) is 0 Å². The molecule has 0 aromatic heterocycles. The zero-order chi connectivity index (χ0) is 14.1. The summed E-state index contributed by atoms with van der Waals surface area (Å²) >= 11 is 3.56. The van der Waals surface area contributed by atoms with Crippen LogP contribution in [0.3, 0.4) is 0 Å². The van der Waals surface area contributed by atoms with Crippen molar-refractivity contribution in [1.82, 2.24) is 0 Å². The SMILES string of the molecule is Cc1ccc(C(O)c2ccc(Br)c3ccccc23)cc1. The molecule has 100 valence electrons. The molecule has 3 rings (SSSR count). The third-order valence-electron chi connectivity index (χ3n) is 3.59. The Balaban J connectivity index is 2.14. The molecule has 0 radical (unpaired) electrons. The highest BCUT2D eigenvalue weighted by Crippen LogP contribution is 2.32. The van der Waals surface area contributed by atoms with E-state index in [4.69, 9.17) is 0 Å². The average Bonchev–Trinajstić information content (AvgIpc) is 2.48. The molecule has 0 fully saturated rings. The predicted molar refractivity (Wildman–Crippen MR) is 86.9 cm³/mol. The Morgan fingerprint density at radius 3 is 2.20 bits per heavy atom. The third-order valence-corrected chi connectivity index (χ3v) is 4.28. The molecule has 0 saturated carbocycles. The van der Waals surface area contributed by atoms with E-state index < -0.39 is 6.10 Å². The highest BCUT2D eigenvalue weighted by Gasteiger charge is 2.14. The number of benzene rings is 3. The maximum atomic E-state index is 10.7. The van der Waals surface area contributed by atoms with Crippen molar-refractivity contribution in [3.63, 3.8) is 0 Å². The summed E-state index contributed by atoms with van der Waals surface area (Å²) in [5.41, 5.74) is 3.05. The maximum Gasteiger partial charge on any atom is 0.105 e. The average molecular weight is 327 g/mol. The van der Waals surface area contributed by atoms with Gasteiger partial charge in [0.2, 0.25) is 0 Å². The summed E-state index contributed by atoms with van der Waals surface area (Å²) in [6.07, 6.45) is -0.603. The van der Waals surface area contributed by atoms with Gasteiger partial charge in [0.1, 0.15) is 6.10 Å². The smallest absolute Gasteiger partial charge is 0.105 e. The minimum absolute atomic E-state index is 0.603. The van der Waals surface area contributed by atoms with E-state index in [1.807, 2.05) is 61.5 Å². The second kappa shape index (κ2) is 5.39. The lowest BCUT2D eigenvalue weighted by atomic mass is 9.95. The van der Waals surface area contributed by atoms with E-state index >= 15 is 0 Å². The van der Waals surface area contributed by atoms with Crippen molar-refractivity contribution in [3.8, 4) is 0 Å². The standard InChI is InChI=1S/C18H15BrO/c1-12-6-8-13(9-7-12)18(20)16-10-11-17(19)15-5-3-2-4-14(15)16/h2-11,18,20H,1H3. The molecule has 1 nitrogen and oxygen atoms in total. The number of halogens is 1. The van der Waals surface area contributed by atoms with Gasteiger partial charge in [0.05, 0.1) is 0 Å². The second-order valence-electron chi connectivity index (χ2n) is 5.00. The lowest BCUT2D eigenvalue weighted by Gasteiger charge is -2.15. The molecule has 0 spiro atoms. The van der Waals surface area contributed by atoms with E-state index in [1.54, 1.807) is 0 Å². The van der Waals surface area contributed by atoms with Crippen LogP contribution in [0.1, 0.15) is 22.8 Å². The van der Waals surface area contributed by atoms with Crippen molar-refractivity contribution in [3.05, 3.63) is 81.8 Å². The molecule has 0 heterocycles. The molecule has 0 bridgehead atoms. The first kappa shape index (κ1) is 13.3. The molecule has 0 aliphatic heterocycles. The summed E-state index contributed by atoms with van der Waals surface area (Å²) in [6, 6.07) is 20.1. The summed E-state index contributed by atoms with van der Waals surface area (Å²) < 4.78 is 1.05. The number of rotatable bonds is 2. The largest absolute Gasteiger partial charge is 0.384 e. The van der Waals surface area contributed by atoms with Crippen LogP contribution in [0.25, 0.3) is 10.8 Å². The molecule has 20 heavy (non-hydrogen) atoms. The Bertz CT molecular complexity index is 747. The molecule has 0 saturated heterocycles. The molecule has 2 heteroatoms. The van der Waals surface area contributed by atoms with Crippen molar-refractivity contribution in [2.24, 2.45) is 0 Å². The Kier molecular flexibility index (Phi) is 3.60. The van der Waals surface area contributed by atoms with Crippen LogP contribution in [-0.2, 0) is 0 Å². The van der Waals surface area contributed by atoms with E-state index in [2.05, 4.69) is 22.0 Å². The molecule has 1 N–H and O–H groups in total. The zero-order valence-corrected chi connectivity index (χ0v) is 12.8. The lowest BCUT2D eigenvalue weighted by molar-refractivity contribution is 0.222. The van der Waals surface area contributed by atoms with Gasteiger partial charge in [-0.3, -0.25) is 0 Å². The molecule has 0 amide bonds. The Hall–Kier alpha value is -1.64. The molecular weight excluding hydrogens is 312 g/mol. The first-order valence-corrected chi connectivity index (χ1v) is 7.38. The van der Waals surface area contributed by atoms with E-state index in [9.17, 15) is 5.11 Å². The molecule has 1 unspecified atom stereocenters. The Morgan fingerprint density at radius 2 is 1.50 bits per heavy atom. The monoisotopic (exact) mass is 326 g/mol. The first-order chi connectivity index (χ1) is 9.66. The predicted octanol–water partition coefficient (Wildman–Crippen LogP) is 4.99. The minimum atomic E-state index is -0.603.